The van der Waals surface area contributed by atoms with Crippen molar-refractivity contribution in [2.75, 3.05) is 18.6 Å². The van der Waals surface area contributed by atoms with Gasteiger partial charge < -0.3 is 15.2 Å². The minimum atomic E-state index is -0.691. The summed E-state index contributed by atoms with van der Waals surface area (Å²) in [6.45, 7) is 1.91. The number of amides is 1. The third kappa shape index (κ3) is 2.39. The predicted octanol–water partition coefficient (Wildman–Crippen LogP) is 0.432. The molecule has 19 heavy (non-hydrogen) atoms. The molecule has 102 valence electrons. The van der Waals surface area contributed by atoms with Crippen molar-refractivity contribution in [1.82, 2.24) is 0 Å². The van der Waals surface area contributed by atoms with E-state index in [1.165, 1.54) is 12.0 Å². The maximum absolute atomic E-state index is 11.9. The summed E-state index contributed by atoms with van der Waals surface area (Å²) in [5.74, 6) is -0.187. The van der Waals surface area contributed by atoms with Crippen molar-refractivity contribution in [1.29, 1.82) is 0 Å². The van der Waals surface area contributed by atoms with Crippen LogP contribution < -0.4 is 15.4 Å². The van der Waals surface area contributed by atoms with Crippen molar-refractivity contribution in [2.45, 2.75) is 19.5 Å². The van der Waals surface area contributed by atoms with Gasteiger partial charge in [0.1, 0.15) is 11.8 Å². The third-order valence-corrected chi connectivity index (χ3v) is 3.07. The first-order chi connectivity index (χ1) is 9.08. The fourth-order valence-corrected chi connectivity index (χ4v) is 2.04. The van der Waals surface area contributed by atoms with E-state index in [0.29, 0.717) is 18.0 Å². The molecule has 0 fully saturated rings. The molecule has 0 aromatic heterocycles. The van der Waals surface area contributed by atoms with Crippen molar-refractivity contribution in [3.8, 4) is 5.75 Å². The minimum Gasteiger partial charge on any atom is -0.482 e. The minimum absolute atomic E-state index is 0.0949. The second-order valence-corrected chi connectivity index (χ2v) is 4.26. The summed E-state index contributed by atoms with van der Waals surface area (Å²) >= 11 is 0. The average Bonchev–Trinajstić information content (AvgIpc) is 2.45. The lowest BCUT2D eigenvalue weighted by Gasteiger charge is -2.32. The van der Waals surface area contributed by atoms with Crippen LogP contribution in [0.3, 0.4) is 0 Å². The molecular formula is C13H16N2O4. The van der Waals surface area contributed by atoms with E-state index < -0.39 is 12.0 Å². The van der Waals surface area contributed by atoms with Gasteiger partial charge in [-0.25, -0.2) is 4.79 Å². The summed E-state index contributed by atoms with van der Waals surface area (Å²) in [4.78, 5) is 24.9. The van der Waals surface area contributed by atoms with Gasteiger partial charge in [-0.1, -0.05) is 6.07 Å². The van der Waals surface area contributed by atoms with Gasteiger partial charge in [0.05, 0.1) is 12.8 Å². The van der Waals surface area contributed by atoms with Crippen LogP contribution in [0.25, 0.3) is 0 Å². The fourth-order valence-electron chi connectivity index (χ4n) is 2.04. The van der Waals surface area contributed by atoms with Gasteiger partial charge in [0.15, 0.2) is 6.61 Å². The van der Waals surface area contributed by atoms with E-state index >= 15 is 0 Å². The first-order valence-corrected chi connectivity index (χ1v) is 5.94. The molecule has 1 atom stereocenters. The van der Waals surface area contributed by atoms with Gasteiger partial charge in [0, 0.05) is 6.54 Å². The number of ether oxygens (including phenoxy) is 2. The molecule has 1 aromatic carbocycles. The van der Waals surface area contributed by atoms with Gasteiger partial charge in [-0.15, -0.1) is 0 Å². The number of carbonyl (C=O) groups is 2. The number of nitrogens with two attached hydrogens (primary N) is 1. The number of esters is 1. The van der Waals surface area contributed by atoms with E-state index in [2.05, 4.69) is 4.74 Å². The second-order valence-electron chi connectivity index (χ2n) is 4.26. The molecule has 6 heteroatoms. The summed E-state index contributed by atoms with van der Waals surface area (Å²) in [7, 11) is 1.29. The Kier molecular flexibility index (Phi) is 3.71. The van der Waals surface area contributed by atoms with Gasteiger partial charge in [-0.2, -0.15) is 0 Å². The molecule has 2 rings (SSSR count). The molecule has 1 aliphatic rings. The Balaban J connectivity index is 2.40. The highest BCUT2D eigenvalue weighted by molar-refractivity contribution is 6.02. The third-order valence-electron chi connectivity index (χ3n) is 3.07. The van der Waals surface area contributed by atoms with Gasteiger partial charge in [-0.05, 0) is 24.6 Å². The van der Waals surface area contributed by atoms with Crippen LogP contribution >= 0.6 is 0 Å². The van der Waals surface area contributed by atoms with Crippen LogP contribution in [0.1, 0.15) is 12.5 Å². The zero-order valence-corrected chi connectivity index (χ0v) is 10.9. The number of hydrogen-bond acceptors (Lipinski definition) is 5. The molecule has 0 bridgehead atoms. The molecule has 1 aromatic rings. The van der Waals surface area contributed by atoms with Crippen LogP contribution in [0, 0.1) is 0 Å². The summed E-state index contributed by atoms with van der Waals surface area (Å²) in [6, 6.07) is 4.62. The Morgan fingerprint density at radius 3 is 2.95 bits per heavy atom. The van der Waals surface area contributed by atoms with Gasteiger partial charge in [0.25, 0.3) is 5.91 Å². The van der Waals surface area contributed by atoms with Crippen molar-refractivity contribution >= 4 is 17.6 Å². The highest BCUT2D eigenvalue weighted by Crippen LogP contribution is 2.34. The molecule has 2 N–H and O–H groups in total. The van der Waals surface area contributed by atoms with Crippen molar-refractivity contribution < 1.29 is 19.1 Å². The first-order valence-electron chi connectivity index (χ1n) is 5.94. The molecule has 0 saturated carbocycles. The van der Waals surface area contributed by atoms with Gasteiger partial charge >= 0.3 is 5.97 Å². The zero-order chi connectivity index (χ0) is 14.0. The number of carbonyl (C=O) groups excluding carboxylic acids is 2. The SMILES string of the molecule is COC(=O)C(C)N1C(=O)COc2cc(CN)ccc21. The van der Waals surface area contributed by atoms with Crippen LogP contribution in [0.5, 0.6) is 5.75 Å². The molecule has 0 spiro atoms. The maximum Gasteiger partial charge on any atom is 0.328 e. The standard InChI is InChI=1S/C13H16N2O4/c1-8(13(17)18-2)15-10-4-3-9(6-14)5-11(10)19-7-12(15)16/h3-5,8H,6-7,14H2,1-2H3. The molecule has 1 amide bonds. The van der Waals surface area contributed by atoms with Crippen LogP contribution in [0.2, 0.25) is 0 Å². The summed E-state index contributed by atoms with van der Waals surface area (Å²) in [6.07, 6.45) is 0. The number of nitrogens with zero attached hydrogens (tertiary/aromatic N) is 1. The monoisotopic (exact) mass is 264 g/mol. The summed E-state index contributed by atoms with van der Waals surface area (Å²) in [5.41, 5.74) is 7.03. The molecular weight excluding hydrogens is 248 g/mol. The predicted molar refractivity (Wildman–Crippen MR) is 68.8 cm³/mol. The second kappa shape index (κ2) is 5.27. The van der Waals surface area contributed by atoms with E-state index in [0.717, 1.165) is 5.56 Å². The Hall–Kier alpha value is -2.08. The molecule has 6 nitrogen and oxygen atoms in total. The van der Waals surface area contributed by atoms with E-state index in [1.54, 1.807) is 25.1 Å². The molecule has 0 saturated heterocycles. The average molecular weight is 264 g/mol. The van der Waals surface area contributed by atoms with Crippen LogP contribution in [0.15, 0.2) is 18.2 Å². The lowest BCUT2D eigenvalue weighted by molar-refractivity contribution is -0.143. The maximum atomic E-state index is 11.9. The van der Waals surface area contributed by atoms with Crippen LogP contribution in [0.4, 0.5) is 5.69 Å². The van der Waals surface area contributed by atoms with Crippen LogP contribution in [-0.4, -0.2) is 31.6 Å². The smallest absolute Gasteiger partial charge is 0.328 e. The largest absolute Gasteiger partial charge is 0.482 e. The number of anilines is 1. The summed E-state index contributed by atoms with van der Waals surface area (Å²) < 4.78 is 10.1. The Morgan fingerprint density at radius 2 is 2.32 bits per heavy atom. The fraction of sp³-hybridized carbons (Fsp3) is 0.385. The zero-order valence-electron chi connectivity index (χ0n) is 10.9. The number of fused-ring (bicyclic) bond motifs is 1. The Morgan fingerprint density at radius 1 is 1.58 bits per heavy atom. The highest BCUT2D eigenvalue weighted by atomic mass is 16.5. The molecule has 0 aliphatic carbocycles. The quantitative estimate of drug-likeness (QED) is 0.801. The molecule has 0 radical (unpaired) electrons. The Bertz CT molecular complexity index is 515. The molecule has 1 heterocycles. The first kappa shape index (κ1) is 13.4. The van der Waals surface area contributed by atoms with Gasteiger partial charge in [-0.3, -0.25) is 9.69 Å². The number of hydrogen-bond donors (Lipinski definition) is 1. The number of benzene rings is 1. The Labute approximate surface area is 111 Å². The van der Waals surface area contributed by atoms with E-state index in [1.807, 2.05) is 0 Å². The summed E-state index contributed by atoms with van der Waals surface area (Å²) in [5, 5.41) is 0. The van der Waals surface area contributed by atoms with Crippen LogP contribution in [-0.2, 0) is 20.9 Å². The number of rotatable bonds is 3. The molecule has 1 aliphatic heterocycles. The van der Waals surface area contributed by atoms with Crippen molar-refractivity contribution in [3.63, 3.8) is 0 Å². The van der Waals surface area contributed by atoms with E-state index in [4.69, 9.17) is 10.5 Å². The molecule has 1 unspecified atom stereocenters. The van der Waals surface area contributed by atoms with E-state index in [9.17, 15) is 9.59 Å². The normalized spacial score (nSPS) is 15.5. The van der Waals surface area contributed by atoms with E-state index in [-0.39, 0.29) is 12.5 Å². The number of methoxy groups -OCH3 is 1. The van der Waals surface area contributed by atoms with Crippen molar-refractivity contribution in [3.05, 3.63) is 23.8 Å². The van der Waals surface area contributed by atoms with Crippen molar-refractivity contribution in [2.24, 2.45) is 5.73 Å². The van der Waals surface area contributed by atoms with Gasteiger partial charge in [0.2, 0.25) is 0 Å². The topological polar surface area (TPSA) is 81.9 Å². The lowest BCUT2D eigenvalue weighted by Crippen LogP contribution is -2.48. The highest BCUT2D eigenvalue weighted by Gasteiger charge is 2.33. The lowest BCUT2D eigenvalue weighted by atomic mass is 10.1.